The number of nitrogens with zero attached hydrogens (tertiary/aromatic N) is 1. The Balaban J connectivity index is 2.10. The van der Waals surface area contributed by atoms with E-state index in [0.29, 0.717) is 12.0 Å². The zero-order valence-corrected chi connectivity index (χ0v) is 10.9. The first kappa shape index (κ1) is 12.9. The van der Waals surface area contributed by atoms with E-state index >= 15 is 0 Å². The topological polar surface area (TPSA) is 40.5 Å². The van der Waals surface area contributed by atoms with E-state index in [1.807, 2.05) is 0 Å². The number of aliphatic carboxylic acids is 1. The average Bonchev–Trinajstić information content (AvgIpc) is 2.55. The number of rotatable bonds is 2. The second-order valence-electron chi connectivity index (χ2n) is 5.77. The molecule has 0 aromatic rings. The van der Waals surface area contributed by atoms with E-state index in [1.54, 1.807) is 0 Å². The standard InChI is InChI=1S/C14H25NO2/c1-11-7-4-5-8-12(11)15-10-6-2-3-9-13(15)14(16)17/h11-13H,2-10H2,1H3,(H,16,17). The second kappa shape index (κ2) is 5.85. The molecule has 17 heavy (non-hydrogen) atoms. The van der Waals surface area contributed by atoms with E-state index in [4.69, 9.17) is 0 Å². The monoisotopic (exact) mass is 239 g/mol. The Morgan fingerprint density at radius 2 is 1.76 bits per heavy atom. The van der Waals surface area contributed by atoms with Crippen LogP contribution in [-0.4, -0.2) is 34.6 Å². The van der Waals surface area contributed by atoms with E-state index in [1.165, 1.54) is 38.5 Å². The van der Waals surface area contributed by atoms with Gasteiger partial charge >= 0.3 is 5.97 Å². The van der Waals surface area contributed by atoms with Crippen molar-refractivity contribution >= 4 is 5.97 Å². The minimum atomic E-state index is -0.607. The summed E-state index contributed by atoms with van der Waals surface area (Å²) in [7, 11) is 0. The van der Waals surface area contributed by atoms with Gasteiger partial charge in [0.05, 0.1) is 0 Å². The summed E-state index contributed by atoms with van der Waals surface area (Å²) in [6.45, 7) is 3.29. The number of carbonyl (C=O) groups is 1. The molecule has 3 unspecified atom stereocenters. The molecule has 1 aliphatic heterocycles. The van der Waals surface area contributed by atoms with Gasteiger partial charge in [-0.2, -0.15) is 0 Å². The van der Waals surface area contributed by atoms with Crippen molar-refractivity contribution in [2.24, 2.45) is 5.92 Å². The molecule has 0 aromatic carbocycles. The Kier molecular flexibility index (Phi) is 4.43. The highest BCUT2D eigenvalue weighted by molar-refractivity contribution is 5.73. The number of hydrogen-bond acceptors (Lipinski definition) is 2. The molecule has 0 radical (unpaired) electrons. The van der Waals surface area contributed by atoms with Gasteiger partial charge < -0.3 is 5.11 Å². The zero-order valence-electron chi connectivity index (χ0n) is 10.9. The van der Waals surface area contributed by atoms with E-state index < -0.39 is 5.97 Å². The summed E-state index contributed by atoms with van der Waals surface area (Å²) in [6.07, 6.45) is 9.36. The highest BCUT2D eigenvalue weighted by Crippen LogP contribution is 2.31. The van der Waals surface area contributed by atoms with Gasteiger partial charge in [-0.25, -0.2) is 0 Å². The van der Waals surface area contributed by atoms with Gasteiger partial charge in [-0.3, -0.25) is 9.69 Å². The molecule has 3 heteroatoms. The highest BCUT2D eigenvalue weighted by Gasteiger charge is 2.35. The minimum Gasteiger partial charge on any atom is -0.480 e. The van der Waals surface area contributed by atoms with Gasteiger partial charge in [-0.15, -0.1) is 0 Å². The number of carboxylic acids is 1. The van der Waals surface area contributed by atoms with Crippen LogP contribution in [0.2, 0.25) is 0 Å². The quantitative estimate of drug-likeness (QED) is 0.805. The highest BCUT2D eigenvalue weighted by atomic mass is 16.4. The van der Waals surface area contributed by atoms with Gasteiger partial charge in [0.2, 0.25) is 0 Å². The van der Waals surface area contributed by atoms with Crippen molar-refractivity contribution < 1.29 is 9.90 Å². The molecule has 0 bridgehead atoms. The largest absolute Gasteiger partial charge is 0.480 e. The molecule has 1 aliphatic carbocycles. The Morgan fingerprint density at radius 3 is 2.47 bits per heavy atom. The molecule has 0 aromatic heterocycles. The maximum absolute atomic E-state index is 11.4. The molecule has 0 amide bonds. The fourth-order valence-electron chi connectivity index (χ4n) is 3.58. The fraction of sp³-hybridized carbons (Fsp3) is 0.929. The lowest BCUT2D eigenvalue weighted by Gasteiger charge is -2.41. The average molecular weight is 239 g/mol. The zero-order chi connectivity index (χ0) is 12.3. The summed E-state index contributed by atoms with van der Waals surface area (Å²) in [5, 5.41) is 9.41. The summed E-state index contributed by atoms with van der Waals surface area (Å²) < 4.78 is 0. The van der Waals surface area contributed by atoms with Crippen LogP contribution in [0.4, 0.5) is 0 Å². The first-order valence-electron chi connectivity index (χ1n) is 7.18. The Labute approximate surface area is 104 Å². The van der Waals surface area contributed by atoms with Gasteiger partial charge in [0.15, 0.2) is 0 Å². The van der Waals surface area contributed by atoms with Crippen molar-refractivity contribution in [3.8, 4) is 0 Å². The van der Waals surface area contributed by atoms with Crippen LogP contribution in [0.5, 0.6) is 0 Å². The lowest BCUT2D eigenvalue weighted by molar-refractivity contribution is -0.145. The van der Waals surface area contributed by atoms with Crippen molar-refractivity contribution in [3.05, 3.63) is 0 Å². The van der Waals surface area contributed by atoms with E-state index in [-0.39, 0.29) is 6.04 Å². The molecular formula is C14H25NO2. The minimum absolute atomic E-state index is 0.219. The SMILES string of the molecule is CC1CCCCC1N1CCCCCC1C(=O)O. The summed E-state index contributed by atoms with van der Waals surface area (Å²) in [5.41, 5.74) is 0. The van der Waals surface area contributed by atoms with Crippen LogP contribution in [0.3, 0.4) is 0 Å². The second-order valence-corrected chi connectivity index (χ2v) is 5.77. The van der Waals surface area contributed by atoms with Gasteiger partial charge in [-0.1, -0.05) is 32.6 Å². The molecule has 1 saturated carbocycles. The third-order valence-electron chi connectivity index (χ3n) is 4.57. The van der Waals surface area contributed by atoms with Crippen molar-refractivity contribution in [1.82, 2.24) is 4.90 Å². The molecule has 1 saturated heterocycles. The predicted molar refractivity (Wildman–Crippen MR) is 68.0 cm³/mol. The Bertz CT molecular complexity index is 267. The van der Waals surface area contributed by atoms with Crippen LogP contribution in [-0.2, 0) is 4.79 Å². The maximum atomic E-state index is 11.4. The maximum Gasteiger partial charge on any atom is 0.320 e. The smallest absolute Gasteiger partial charge is 0.320 e. The molecule has 2 fully saturated rings. The molecular weight excluding hydrogens is 214 g/mol. The van der Waals surface area contributed by atoms with E-state index in [2.05, 4.69) is 11.8 Å². The first-order valence-corrected chi connectivity index (χ1v) is 7.18. The van der Waals surface area contributed by atoms with Crippen LogP contribution in [0.25, 0.3) is 0 Å². The summed E-state index contributed by atoms with van der Waals surface area (Å²) >= 11 is 0. The van der Waals surface area contributed by atoms with Gasteiger partial charge in [0.25, 0.3) is 0 Å². The van der Waals surface area contributed by atoms with Crippen LogP contribution >= 0.6 is 0 Å². The van der Waals surface area contributed by atoms with Crippen LogP contribution < -0.4 is 0 Å². The number of hydrogen-bond donors (Lipinski definition) is 1. The van der Waals surface area contributed by atoms with Gasteiger partial charge in [0, 0.05) is 6.04 Å². The van der Waals surface area contributed by atoms with Crippen molar-refractivity contribution in [2.45, 2.75) is 70.4 Å². The fourth-order valence-corrected chi connectivity index (χ4v) is 3.58. The molecule has 1 heterocycles. The number of carboxylic acid groups (broad SMARTS) is 1. The summed E-state index contributed by atoms with van der Waals surface area (Å²) in [6, 6.07) is 0.297. The summed E-state index contributed by atoms with van der Waals surface area (Å²) in [4.78, 5) is 13.7. The molecule has 1 N–H and O–H groups in total. The molecule has 0 spiro atoms. The molecule has 2 rings (SSSR count). The van der Waals surface area contributed by atoms with Crippen LogP contribution in [0.1, 0.15) is 58.3 Å². The van der Waals surface area contributed by atoms with Crippen molar-refractivity contribution in [2.75, 3.05) is 6.54 Å². The Morgan fingerprint density at radius 1 is 1.06 bits per heavy atom. The van der Waals surface area contributed by atoms with Gasteiger partial charge in [0.1, 0.15) is 6.04 Å². The van der Waals surface area contributed by atoms with Crippen LogP contribution in [0, 0.1) is 5.92 Å². The van der Waals surface area contributed by atoms with Crippen LogP contribution in [0.15, 0.2) is 0 Å². The van der Waals surface area contributed by atoms with E-state index in [0.717, 1.165) is 19.4 Å². The summed E-state index contributed by atoms with van der Waals surface area (Å²) in [5.74, 6) is 0.0633. The molecule has 3 nitrogen and oxygen atoms in total. The lowest BCUT2D eigenvalue weighted by Crippen LogP contribution is -2.50. The molecule has 3 atom stereocenters. The third kappa shape index (κ3) is 3.01. The molecule has 2 aliphatic rings. The molecule has 98 valence electrons. The van der Waals surface area contributed by atoms with E-state index in [9.17, 15) is 9.90 Å². The lowest BCUT2D eigenvalue weighted by atomic mass is 9.84. The van der Waals surface area contributed by atoms with Crippen molar-refractivity contribution in [1.29, 1.82) is 0 Å². The third-order valence-corrected chi connectivity index (χ3v) is 4.57. The Hall–Kier alpha value is -0.570. The van der Waals surface area contributed by atoms with Gasteiger partial charge in [-0.05, 0) is 38.1 Å². The predicted octanol–water partition coefficient (Wildman–Crippen LogP) is 2.89. The normalized spacial score (nSPS) is 36.4. The number of likely N-dealkylation sites (tertiary alicyclic amines) is 1. The first-order chi connectivity index (χ1) is 8.20. The van der Waals surface area contributed by atoms with Crippen molar-refractivity contribution in [3.63, 3.8) is 0 Å².